The number of nitrogens with zero attached hydrogens (tertiary/aromatic N) is 1. The highest BCUT2D eigenvalue weighted by atomic mass is 19.1. The van der Waals surface area contributed by atoms with E-state index in [0.717, 1.165) is 11.1 Å². The fraction of sp³-hybridized carbons (Fsp3) is 0.0952. The zero-order valence-corrected chi connectivity index (χ0v) is 14.7. The molecule has 2 N–H and O–H groups in total. The maximum absolute atomic E-state index is 13.7. The molecule has 0 atom stereocenters. The molecular weight excluding hydrogens is 345 g/mol. The minimum Gasteiger partial charge on any atom is -0.348 e. The summed E-state index contributed by atoms with van der Waals surface area (Å²) in [6.45, 7) is 2.36. The number of amides is 2. The SMILES string of the molecule is Cc1ccc(CNC(=O)c2cncc(C(=O)Nc3ccccc3F)c2)cc1. The smallest absolute Gasteiger partial charge is 0.257 e. The summed E-state index contributed by atoms with van der Waals surface area (Å²) in [5.74, 6) is -1.42. The van der Waals surface area contributed by atoms with Crippen molar-refractivity contribution in [3.63, 3.8) is 0 Å². The number of carbonyl (C=O) groups excluding carboxylic acids is 2. The summed E-state index contributed by atoms with van der Waals surface area (Å²) >= 11 is 0. The van der Waals surface area contributed by atoms with Gasteiger partial charge in [0.2, 0.25) is 0 Å². The normalized spacial score (nSPS) is 10.3. The molecule has 0 saturated heterocycles. The Hall–Kier alpha value is -3.54. The molecule has 3 aromatic rings. The van der Waals surface area contributed by atoms with Crippen LogP contribution in [0.5, 0.6) is 0 Å². The van der Waals surface area contributed by atoms with Crippen molar-refractivity contribution in [1.29, 1.82) is 0 Å². The summed E-state index contributed by atoms with van der Waals surface area (Å²) < 4.78 is 13.7. The van der Waals surface area contributed by atoms with Crippen LogP contribution >= 0.6 is 0 Å². The topological polar surface area (TPSA) is 71.1 Å². The van der Waals surface area contributed by atoms with E-state index in [1.807, 2.05) is 31.2 Å². The largest absolute Gasteiger partial charge is 0.348 e. The molecule has 0 unspecified atom stereocenters. The predicted molar refractivity (Wildman–Crippen MR) is 101 cm³/mol. The fourth-order valence-electron chi connectivity index (χ4n) is 2.44. The average molecular weight is 363 g/mol. The zero-order chi connectivity index (χ0) is 19.2. The van der Waals surface area contributed by atoms with Crippen molar-refractivity contribution < 1.29 is 14.0 Å². The Morgan fingerprint density at radius 3 is 2.33 bits per heavy atom. The molecule has 0 aliphatic rings. The molecule has 1 aromatic heterocycles. The van der Waals surface area contributed by atoms with Gasteiger partial charge in [-0.05, 0) is 30.7 Å². The number of hydrogen-bond acceptors (Lipinski definition) is 3. The minimum atomic E-state index is -0.541. The first-order valence-electron chi connectivity index (χ1n) is 8.37. The van der Waals surface area contributed by atoms with Gasteiger partial charge in [-0.2, -0.15) is 0 Å². The third kappa shape index (κ3) is 4.76. The Kier molecular flexibility index (Phi) is 5.56. The number of pyridine rings is 1. The van der Waals surface area contributed by atoms with Gasteiger partial charge in [-0.3, -0.25) is 14.6 Å². The van der Waals surface area contributed by atoms with Gasteiger partial charge in [0, 0.05) is 18.9 Å². The van der Waals surface area contributed by atoms with E-state index in [1.54, 1.807) is 6.07 Å². The van der Waals surface area contributed by atoms with Gasteiger partial charge in [0.15, 0.2) is 0 Å². The maximum atomic E-state index is 13.7. The molecule has 0 saturated carbocycles. The van der Waals surface area contributed by atoms with Crippen molar-refractivity contribution in [2.45, 2.75) is 13.5 Å². The molecule has 0 bridgehead atoms. The minimum absolute atomic E-state index is 0.0664. The van der Waals surface area contributed by atoms with E-state index >= 15 is 0 Å². The number of anilines is 1. The second kappa shape index (κ2) is 8.23. The van der Waals surface area contributed by atoms with Crippen LogP contribution in [0.4, 0.5) is 10.1 Å². The Balaban J connectivity index is 1.67. The van der Waals surface area contributed by atoms with E-state index in [4.69, 9.17) is 0 Å². The third-order valence-corrected chi connectivity index (χ3v) is 3.96. The van der Waals surface area contributed by atoms with Crippen LogP contribution in [-0.4, -0.2) is 16.8 Å². The molecule has 0 radical (unpaired) electrons. The lowest BCUT2D eigenvalue weighted by atomic mass is 10.1. The van der Waals surface area contributed by atoms with Gasteiger partial charge in [-0.15, -0.1) is 0 Å². The first kappa shape index (κ1) is 18.3. The number of nitrogens with one attached hydrogen (secondary N) is 2. The van der Waals surface area contributed by atoms with Gasteiger partial charge in [-0.1, -0.05) is 42.0 Å². The molecule has 3 rings (SSSR count). The summed E-state index contributed by atoms with van der Waals surface area (Å²) in [6, 6.07) is 15.1. The first-order chi connectivity index (χ1) is 13.0. The second-order valence-electron chi connectivity index (χ2n) is 6.06. The van der Waals surface area contributed by atoms with Crippen LogP contribution < -0.4 is 10.6 Å². The first-order valence-corrected chi connectivity index (χ1v) is 8.37. The van der Waals surface area contributed by atoms with Gasteiger partial charge in [0.1, 0.15) is 5.82 Å². The molecule has 0 aliphatic heterocycles. The highest BCUT2D eigenvalue weighted by Gasteiger charge is 2.13. The Morgan fingerprint density at radius 2 is 1.63 bits per heavy atom. The van der Waals surface area contributed by atoms with Crippen LogP contribution in [0.1, 0.15) is 31.8 Å². The van der Waals surface area contributed by atoms with Crippen molar-refractivity contribution in [2.24, 2.45) is 0 Å². The second-order valence-corrected chi connectivity index (χ2v) is 6.06. The molecule has 2 aromatic carbocycles. The molecule has 2 amide bonds. The molecule has 5 nitrogen and oxygen atoms in total. The highest BCUT2D eigenvalue weighted by molar-refractivity contribution is 6.05. The molecule has 0 fully saturated rings. The summed E-state index contributed by atoms with van der Waals surface area (Å²) in [4.78, 5) is 28.6. The Bertz CT molecular complexity index is 971. The van der Waals surface area contributed by atoms with Gasteiger partial charge < -0.3 is 10.6 Å². The van der Waals surface area contributed by atoms with Crippen molar-refractivity contribution in [3.8, 4) is 0 Å². The van der Waals surface area contributed by atoms with Gasteiger partial charge >= 0.3 is 0 Å². The maximum Gasteiger partial charge on any atom is 0.257 e. The van der Waals surface area contributed by atoms with Crippen molar-refractivity contribution in [3.05, 3.63) is 95.1 Å². The molecule has 0 aliphatic carbocycles. The van der Waals surface area contributed by atoms with Crippen LogP contribution in [0.15, 0.2) is 67.0 Å². The molecule has 27 heavy (non-hydrogen) atoms. The highest BCUT2D eigenvalue weighted by Crippen LogP contribution is 2.14. The summed E-state index contributed by atoms with van der Waals surface area (Å²) in [7, 11) is 0. The van der Waals surface area contributed by atoms with Crippen molar-refractivity contribution >= 4 is 17.5 Å². The number of halogens is 1. The van der Waals surface area contributed by atoms with Gasteiger partial charge in [0.05, 0.1) is 16.8 Å². The number of carbonyl (C=O) groups is 2. The molecular formula is C21H18FN3O2. The van der Waals surface area contributed by atoms with E-state index in [0.29, 0.717) is 6.54 Å². The van der Waals surface area contributed by atoms with E-state index < -0.39 is 11.7 Å². The summed E-state index contributed by atoms with van der Waals surface area (Å²) in [5.41, 5.74) is 2.60. The van der Waals surface area contributed by atoms with E-state index in [-0.39, 0.29) is 22.7 Å². The van der Waals surface area contributed by atoms with Crippen LogP contribution in [0.3, 0.4) is 0 Å². The lowest BCUT2D eigenvalue weighted by molar-refractivity contribution is 0.0950. The summed E-state index contributed by atoms with van der Waals surface area (Å²) in [6.07, 6.45) is 2.71. The molecule has 6 heteroatoms. The van der Waals surface area contributed by atoms with Crippen molar-refractivity contribution in [2.75, 3.05) is 5.32 Å². The van der Waals surface area contributed by atoms with Crippen LogP contribution in [0.2, 0.25) is 0 Å². The Morgan fingerprint density at radius 1 is 0.963 bits per heavy atom. The van der Waals surface area contributed by atoms with E-state index in [9.17, 15) is 14.0 Å². The van der Waals surface area contributed by atoms with Crippen LogP contribution in [-0.2, 0) is 6.54 Å². The standard InChI is InChI=1S/C21H18FN3O2/c1-14-6-8-15(9-7-14)11-24-20(26)16-10-17(13-23-12-16)21(27)25-19-5-3-2-4-18(19)22/h2-10,12-13H,11H2,1H3,(H,24,26)(H,25,27). The number of benzene rings is 2. The quantitative estimate of drug-likeness (QED) is 0.726. The lowest BCUT2D eigenvalue weighted by Gasteiger charge is -2.08. The molecule has 1 heterocycles. The fourth-order valence-corrected chi connectivity index (χ4v) is 2.44. The zero-order valence-electron chi connectivity index (χ0n) is 14.7. The molecule has 136 valence electrons. The van der Waals surface area contributed by atoms with Gasteiger partial charge in [0.25, 0.3) is 11.8 Å². The third-order valence-electron chi connectivity index (χ3n) is 3.96. The lowest BCUT2D eigenvalue weighted by Crippen LogP contribution is -2.23. The van der Waals surface area contributed by atoms with Crippen LogP contribution in [0.25, 0.3) is 0 Å². The number of rotatable bonds is 5. The number of hydrogen-bond donors (Lipinski definition) is 2. The molecule has 0 spiro atoms. The predicted octanol–water partition coefficient (Wildman–Crippen LogP) is 3.71. The average Bonchev–Trinajstić information content (AvgIpc) is 2.69. The summed E-state index contributed by atoms with van der Waals surface area (Å²) in [5, 5.41) is 5.26. The number of aryl methyl sites for hydroxylation is 1. The van der Waals surface area contributed by atoms with Crippen molar-refractivity contribution in [1.82, 2.24) is 10.3 Å². The number of para-hydroxylation sites is 1. The Labute approximate surface area is 156 Å². The monoisotopic (exact) mass is 363 g/mol. The van der Waals surface area contributed by atoms with E-state index in [1.165, 1.54) is 36.7 Å². The van der Waals surface area contributed by atoms with Gasteiger partial charge in [-0.25, -0.2) is 4.39 Å². The van der Waals surface area contributed by atoms with Crippen LogP contribution in [0, 0.1) is 12.7 Å². The number of aromatic nitrogens is 1. The van der Waals surface area contributed by atoms with E-state index in [2.05, 4.69) is 15.6 Å².